The average Bonchev–Trinajstić information content (AvgIpc) is 2.61. The molecule has 0 fully saturated rings. The topological polar surface area (TPSA) is 124 Å². The fourth-order valence-corrected chi connectivity index (χ4v) is 2.10. The van der Waals surface area contributed by atoms with Crippen LogP contribution in [0.25, 0.3) is 0 Å². The molecule has 0 radical (unpaired) electrons. The van der Waals surface area contributed by atoms with Gasteiger partial charge in [0.2, 0.25) is 12.3 Å². The molecule has 21 heavy (non-hydrogen) atoms. The van der Waals surface area contributed by atoms with Gasteiger partial charge in [-0.3, -0.25) is 0 Å². The van der Waals surface area contributed by atoms with Gasteiger partial charge in [0.25, 0.3) is 0 Å². The molecule has 116 valence electrons. The Morgan fingerprint density at radius 1 is 1.48 bits per heavy atom. The molecule has 1 aromatic heterocycles. The molecule has 0 aliphatic carbocycles. The minimum atomic E-state index is -1.41. The number of oxime groups is 1. The molecule has 0 aliphatic rings. The Morgan fingerprint density at radius 2 is 2.10 bits per heavy atom. The van der Waals surface area contributed by atoms with Crippen LogP contribution in [0.15, 0.2) is 5.16 Å². The molecule has 0 saturated heterocycles. The van der Waals surface area contributed by atoms with Crippen molar-refractivity contribution in [2.24, 2.45) is 5.16 Å². The van der Waals surface area contributed by atoms with Crippen molar-refractivity contribution in [3.05, 3.63) is 10.0 Å². The minimum absolute atomic E-state index is 0.0644. The Kier molecular flexibility index (Phi) is 5.50. The summed E-state index contributed by atoms with van der Waals surface area (Å²) in [7, 11) is 0. The summed E-state index contributed by atoms with van der Waals surface area (Å²) in [4.78, 5) is 30.9. The fourth-order valence-electron chi connectivity index (χ4n) is 1.17. The van der Waals surface area contributed by atoms with E-state index in [1.807, 2.05) is 0 Å². The highest BCUT2D eigenvalue weighted by molar-refractivity contribution is 7.19. The van der Waals surface area contributed by atoms with Gasteiger partial charge in [-0.15, -0.1) is 0 Å². The number of nitrogen functional groups attached to an aromatic ring is 1. The Bertz CT molecular complexity index is 579. The van der Waals surface area contributed by atoms with Crippen molar-refractivity contribution in [2.45, 2.75) is 26.4 Å². The number of thiazole rings is 1. The number of esters is 1. The number of halogens is 1. The van der Waals surface area contributed by atoms with Crippen LogP contribution in [0.3, 0.4) is 0 Å². The van der Waals surface area contributed by atoms with E-state index in [1.165, 1.54) is 0 Å². The number of rotatable bonds is 5. The third-order valence-corrected chi connectivity index (χ3v) is 2.87. The second-order valence-electron chi connectivity index (χ2n) is 4.78. The Hall–Kier alpha value is -1.87. The third kappa shape index (κ3) is 5.56. The van der Waals surface area contributed by atoms with E-state index in [2.05, 4.69) is 15.0 Å². The van der Waals surface area contributed by atoms with Gasteiger partial charge in [-0.05, 0) is 20.8 Å². The third-order valence-electron chi connectivity index (χ3n) is 1.79. The molecule has 1 rings (SSSR count). The molecular formula is C11H14ClN3O5S. The highest BCUT2D eigenvalue weighted by Gasteiger charge is 2.22. The molecule has 0 aliphatic heterocycles. The SMILES string of the molecule is CC(C)(C)OC(=O)CO/N=C(\C(=O)O)c1nc(N)sc1Cl. The van der Waals surface area contributed by atoms with E-state index in [4.69, 9.17) is 27.2 Å². The highest BCUT2D eigenvalue weighted by Crippen LogP contribution is 2.26. The van der Waals surface area contributed by atoms with Crippen molar-refractivity contribution in [3.8, 4) is 0 Å². The zero-order valence-corrected chi connectivity index (χ0v) is 13.1. The summed E-state index contributed by atoms with van der Waals surface area (Å²) in [5.41, 5.74) is 4.09. The summed E-state index contributed by atoms with van der Waals surface area (Å²) in [5.74, 6) is -2.09. The number of ether oxygens (including phenoxy) is 1. The molecule has 0 bridgehead atoms. The lowest BCUT2D eigenvalue weighted by atomic mass is 10.2. The molecule has 0 aromatic carbocycles. The number of carboxylic acid groups (broad SMARTS) is 1. The Balaban J connectivity index is 2.77. The van der Waals surface area contributed by atoms with Crippen molar-refractivity contribution in [1.82, 2.24) is 4.98 Å². The highest BCUT2D eigenvalue weighted by atomic mass is 35.5. The van der Waals surface area contributed by atoms with Crippen molar-refractivity contribution in [1.29, 1.82) is 0 Å². The Labute approximate surface area is 129 Å². The lowest BCUT2D eigenvalue weighted by Crippen LogP contribution is -2.26. The zero-order valence-electron chi connectivity index (χ0n) is 11.5. The van der Waals surface area contributed by atoms with Gasteiger partial charge in [-0.2, -0.15) is 0 Å². The number of carboxylic acids is 1. The van der Waals surface area contributed by atoms with Crippen molar-refractivity contribution >= 4 is 45.7 Å². The summed E-state index contributed by atoms with van der Waals surface area (Å²) >= 11 is 6.70. The number of carbonyl (C=O) groups is 2. The van der Waals surface area contributed by atoms with Crippen molar-refractivity contribution < 1.29 is 24.3 Å². The van der Waals surface area contributed by atoms with Crippen molar-refractivity contribution in [2.75, 3.05) is 12.3 Å². The summed E-state index contributed by atoms with van der Waals surface area (Å²) in [5, 5.41) is 12.5. The number of aliphatic carboxylic acids is 1. The number of nitrogens with two attached hydrogens (primary N) is 1. The van der Waals surface area contributed by atoms with Gasteiger partial charge < -0.3 is 20.4 Å². The van der Waals surface area contributed by atoms with E-state index in [1.54, 1.807) is 20.8 Å². The molecule has 3 N–H and O–H groups in total. The van der Waals surface area contributed by atoms with E-state index in [0.717, 1.165) is 11.3 Å². The summed E-state index contributed by atoms with van der Waals surface area (Å²) < 4.78 is 5.04. The van der Waals surface area contributed by atoms with E-state index < -0.39 is 29.9 Å². The van der Waals surface area contributed by atoms with E-state index in [-0.39, 0.29) is 15.2 Å². The number of anilines is 1. The maximum Gasteiger partial charge on any atom is 0.360 e. The Morgan fingerprint density at radius 3 is 2.52 bits per heavy atom. The second-order valence-corrected chi connectivity index (χ2v) is 6.41. The van der Waals surface area contributed by atoms with Crippen LogP contribution in [-0.2, 0) is 19.2 Å². The molecule has 8 nitrogen and oxygen atoms in total. The normalized spacial score (nSPS) is 12.1. The molecule has 0 atom stereocenters. The van der Waals surface area contributed by atoms with Gasteiger partial charge in [0.1, 0.15) is 15.6 Å². The van der Waals surface area contributed by atoms with Gasteiger partial charge in [-0.1, -0.05) is 28.1 Å². The first-order valence-electron chi connectivity index (χ1n) is 5.67. The van der Waals surface area contributed by atoms with Crippen LogP contribution in [0.2, 0.25) is 4.34 Å². The first kappa shape index (κ1) is 17.2. The zero-order chi connectivity index (χ0) is 16.2. The van der Waals surface area contributed by atoms with Gasteiger partial charge in [0, 0.05) is 0 Å². The van der Waals surface area contributed by atoms with E-state index >= 15 is 0 Å². The molecule has 0 unspecified atom stereocenters. The monoisotopic (exact) mass is 335 g/mol. The van der Waals surface area contributed by atoms with E-state index in [0.29, 0.717) is 0 Å². The largest absolute Gasteiger partial charge is 0.476 e. The number of nitrogens with zero attached hydrogens (tertiary/aromatic N) is 2. The standard InChI is InChI=1S/C11H14ClN3O5S/c1-11(2,3)20-5(16)4-19-15-7(9(17)18)6-8(12)21-10(13)14-6/h4H2,1-3H3,(H2,13,14)(H,17,18)/b15-7-. The number of aromatic nitrogens is 1. The molecule has 1 heterocycles. The number of hydrogen-bond donors (Lipinski definition) is 2. The van der Waals surface area contributed by atoms with Crippen LogP contribution >= 0.6 is 22.9 Å². The maximum absolute atomic E-state index is 11.4. The first-order chi connectivity index (χ1) is 9.60. The first-order valence-corrected chi connectivity index (χ1v) is 6.87. The van der Waals surface area contributed by atoms with Crippen LogP contribution in [0, 0.1) is 0 Å². The van der Waals surface area contributed by atoms with Crippen LogP contribution in [0.1, 0.15) is 26.5 Å². The average molecular weight is 336 g/mol. The summed E-state index contributed by atoms with van der Waals surface area (Å²) in [6.45, 7) is 4.53. The van der Waals surface area contributed by atoms with E-state index in [9.17, 15) is 9.59 Å². The predicted octanol–water partition coefficient (Wildman–Crippen LogP) is 1.53. The van der Waals surface area contributed by atoms with Crippen LogP contribution in [0.5, 0.6) is 0 Å². The van der Waals surface area contributed by atoms with Gasteiger partial charge >= 0.3 is 11.9 Å². The fraction of sp³-hybridized carbons (Fsp3) is 0.455. The van der Waals surface area contributed by atoms with Crippen LogP contribution in [-0.4, -0.2) is 39.9 Å². The van der Waals surface area contributed by atoms with Crippen molar-refractivity contribution in [3.63, 3.8) is 0 Å². The molecule has 0 spiro atoms. The quantitative estimate of drug-likeness (QED) is 0.475. The lowest BCUT2D eigenvalue weighted by Gasteiger charge is -2.18. The molecule has 0 amide bonds. The smallest absolute Gasteiger partial charge is 0.360 e. The predicted molar refractivity (Wildman–Crippen MR) is 77.5 cm³/mol. The number of carbonyl (C=O) groups excluding carboxylic acids is 1. The van der Waals surface area contributed by atoms with Gasteiger partial charge in [-0.25, -0.2) is 14.6 Å². The summed E-state index contributed by atoms with van der Waals surface area (Å²) in [6.07, 6.45) is 0. The summed E-state index contributed by atoms with van der Waals surface area (Å²) in [6, 6.07) is 0. The molecule has 10 heteroatoms. The van der Waals surface area contributed by atoms with Gasteiger partial charge in [0.05, 0.1) is 0 Å². The lowest BCUT2D eigenvalue weighted by molar-refractivity contribution is -0.160. The van der Waals surface area contributed by atoms with Gasteiger partial charge in [0.15, 0.2) is 5.13 Å². The van der Waals surface area contributed by atoms with Crippen LogP contribution in [0.4, 0.5) is 5.13 Å². The molecule has 0 saturated carbocycles. The second kappa shape index (κ2) is 6.72. The molecule has 1 aromatic rings. The minimum Gasteiger partial charge on any atom is -0.476 e. The number of hydrogen-bond acceptors (Lipinski definition) is 8. The molecular weight excluding hydrogens is 322 g/mol. The maximum atomic E-state index is 11.4. The van der Waals surface area contributed by atoms with Crippen LogP contribution < -0.4 is 5.73 Å².